The summed E-state index contributed by atoms with van der Waals surface area (Å²) in [5.74, 6) is 0.136. The Morgan fingerprint density at radius 2 is 2.00 bits per heavy atom. The van der Waals surface area contributed by atoms with Gasteiger partial charge in [0.1, 0.15) is 0 Å². The van der Waals surface area contributed by atoms with Crippen molar-refractivity contribution in [2.24, 2.45) is 5.92 Å². The average Bonchev–Trinajstić information content (AvgIpc) is 2.65. The number of carbonyl (C=O) groups is 2. The van der Waals surface area contributed by atoms with E-state index < -0.39 is 0 Å². The van der Waals surface area contributed by atoms with Crippen LogP contribution in [-0.4, -0.2) is 54.3 Å². The van der Waals surface area contributed by atoms with Gasteiger partial charge in [0.2, 0.25) is 11.8 Å². The summed E-state index contributed by atoms with van der Waals surface area (Å²) < 4.78 is 0. The van der Waals surface area contributed by atoms with E-state index in [-0.39, 0.29) is 17.7 Å². The van der Waals surface area contributed by atoms with E-state index in [1.807, 2.05) is 0 Å². The lowest BCUT2D eigenvalue weighted by molar-refractivity contribution is -0.133. The largest absolute Gasteiger partial charge is 0.356 e. The molecule has 1 fully saturated rings. The van der Waals surface area contributed by atoms with Crippen LogP contribution in [0.4, 0.5) is 0 Å². The topological polar surface area (TPSA) is 52.7 Å². The third-order valence-electron chi connectivity index (χ3n) is 5.40. The van der Waals surface area contributed by atoms with Crippen LogP contribution in [0.1, 0.15) is 37.3 Å². The smallest absolute Gasteiger partial charge is 0.224 e. The first kappa shape index (κ1) is 17.9. The number of piperidine rings is 1. The van der Waals surface area contributed by atoms with E-state index in [0.717, 1.165) is 51.9 Å². The Hall–Kier alpha value is -1.88. The van der Waals surface area contributed by atoms with Gasteiger partial charge in [0, 0.05) is 46.2 Å². The van der Waals surface area contributed by atoms with E-state index in [4.69, 9.17) is 0 Å². The van der Waals surface area contributed by atoms with E-state index in [1.54, 1.807) is 11.8 Å². The second-order valence-corrected chi connectivity index (χ2v) is 7.24. The Labute approximate surface area is 150 Å². The van der Waals surface area contributed by atoms with Gasteiger partial charge in [-0.3, -0.25) is 14.5 Å². The molecule has 0 aliphatic carbocycles. The van der Waals surface area contributed by atoms with Gasteiger partial charge in [-0.1, -0.05) is 24.3 Å². The van der Waals surface area contributed by atoms with Crippen molar-refractivity contribution in [1.29, 1.82) is 0 Å². The van der Waals surface area contributed by atoms with Crippen LogP contribution >= 0.6 is 0 Å². The van der Waals surface area contributed by atoms with Crippen molar-refractivity contribution in [3.63, 3.8) is 0 Å². The fourth-order valence-corrected chi connectivity index (χ4v) is 3.88. The summed E-state index contributed by atoms with van der Waals surface area (Å²) in [6.07, 6.45) is 3.89. The molecule has 1 saturated heterocycles. The molecule has 1 N–H and O–H groups in total. The number of carbonyl (C=O) groups excluding carboxylic acids is 2. The summed E-state index contributed by atoms with van der Waals surface area (Å²) in [5, 5.41) is 3.07. The molecule has 25 heavy (non-hydrogen) atoms. The first-order valence-electron chi connectivity index (χ1n) is 9.46. The number of rotatable bonds is 5. The zero-order chi connectivity index (χ0) is 17.6. The molecule has 1 atom stereocenters. The average molecular weight is 343 g/mol. The molecular formula is C20H29N3O2. The maximum atomic E-state index is 12.3. The molecule has 0 saturated carbocycles. The van der Waals surface area contributed by atoms with Crippen molar-refractivity contribution in [2.75, 3.05) is 32.7 Å². The molecular weight excluding hydrogens is 314 g/mol. The Kier molecular flexibility index (Phi) is 6.08. The first-order valence-corrected chi connectivity index (χ1v) is 9.46. The monoisotopic (exact) mass is 343 g/mol. The van der Waals surface area contributed by atoms with Crippen LogP contribution in [-0.2, 0) is 22.6 Å². The second kappa shape index (κ2) is 8.48. The summed E-state index contributed by atoms with van der Waals surface area (Å²) in [7, 11) is 0. The zero-order valence-corrected chi connectivity index (χ0v) is 15.2. The number of nitrogens with one attached hydrogen (secondary N) is 1. The van der Waals surface area contributed by atoms with Gasteiger partial charge in [0.25, 0.3) is 0 Å². The molecule has 0 unspecified atom stereocenters. The van der Waals surface area contributed by atoms with Crippen molar-refractivity contribution >= 4 is 11.8 Å². The lowest BCUT2D eigenvalue weighted by Crippen LogP contribution is -2.45. The van der Waals surface area contributed by atoms with Gasteiger partial charge in [-0.05, 0) is 36.8 Å². The minimum atomic E-state index is -0.0421. The quantitative estimate of drug-likeness (QED) is 0.830. The van der Waals surface area contributed by atoms with Crippen LogP contribution in [0.25, 0.3) is 0 Å². The maximum Gasteiger partial charge on any atom is 0.224 e. The lowest BCUT2D eigenvalue weighted by Gasteiger charge is -2.31. The fraction of sp³-hybridized carbons (Fsp3) is 0.600. The summed E-state index contributed by atoms with van der Waals surface area (Å²) in [5.41, 5.74) is 2.91. The Bertz CT molecular complexity index is 617. The van der Waals surface area contributed by atoms with Gasteiger partial charge in [0.05, 0.1) is 5.92 Å². The van der Waals surface area contributed by atoms with E-state index >= 15 is 0 Å². The summed E-state index contributed by atoms with van der Waals surface area (Å²) in [6, 6.07) is 8.66. The molecule has 2 amide bonds. The highest BCUT2D eigenvalue weighted by Crippen LogP contribution is 2.19. The molecule has 0 aromatic heterocycles. The molecule has 5 nitrogen and oxygen atoms in total. The van der Waals surface area contributed by atoms with Gasteiger partial charge in [-0.25, -0.2) is 0 Å². The van der Waals surface area contributed by atoms with Crippen LogP contribution in [0.3, 0.4) is 0 Å². The number of fused-ring (bicyclic) bond motifs is 1. The lowest BCUT2D eigenvalue weighted by atomic mass is 9.97. The highest BCUT2D eigenvalue weighted by Gasteiger charge is 2.26. The Morgan fingerprint density at radius 1 is 1.20 bits per heavy atom. The van der Waals surface area contributed by atoms with Crippen molar-refractivity contribution in [2.45, 2.75) is 39.2 Å². The fourth-order valence-electron chi connectivity index (χ4n) is 3.88. The number of nitrogens with zero attached hydrogens (tertiary/aromatic N) is 2. The summed E-state index contributed by atoms with van der Waals surface area (Å²) in [4.78, 5) is 28.1. The van der Waals surface area contributed by atoms with Crippen LogP contribution in [0.5, 0.6) is 0 Å². The number of hydrogen-bond acceptors (Lipinski definition) is 3. The molecule has 0 bridgehead atoms. The SMILES string of the molecule is CC(=O)N1CCC[C@H](C(=O)NCCCN2CCc3ccccc3C2)C1. The molecule has 136 valence electrons. The van der Waals surface area contributed by atoms with Crippen molar-refractivity contribution in [3.05, 3.63) is 35.4 Å². The van der Waals surface area contributed by atoms with Gasteiger partial charge in [0.15, 0.2) is 0 Å². The molecule has 0 spiro atoms. The number of hydrogen-bond donors (Lipinski definition) is 1. The van der Waals surface area contributed by atoms with E-state index in [1.165, 1.54) is 11.1 Å². The molecule has 2 heterocycles. The summed E-state index contributed by atoms with van der Waals surface area (Å²) in [6.45, 7) is 6.78. The molecule has 2 aliphatic heterocycles. The second-order valence-electron chi connectivity index (χ2n) is 7.24. The van der Waals surface area contributed by atoms with Crippen LogP contribution in [0, 0.1) is 5.92 Å². The Morgan fingerprint density at radius 3 is 2.80 bits per heavy atom. The zero-order valence-electron chi connectivity index (χ0n) is 15.2. The predicted octanol–water partition coefficient (Wildman–Crippen LogP) is 1.81. The van der Waals surface area contributed by atoms with E-state index in [2.05, 4.69) is 34.5 Å². The third kappa shape index (κ3) is 4.82. The molecule has 1 aromatic rings. The van der Waals surface area contributed by atoms with E-state index in [9.17, 15) is 9.59 Å². The highest BCUT2D eigenvalue weighted by molar-refractivity contribution is 5.80. The molecule has 2 aliphatic rings. The number of amides is 2. The number of benzene rings is 1. The minimum Gasteiger partial charge on any atom is -0.356 e. The van der Waals surface area contributed by atoms with Crippen LogP contribution in [0.15, 0.2) is 24.3 Å². The predicted molar refractivity (Wildman–Crippen MR) is 98.0 cm³/mol. The molecule has 0 radical (unpaired) electrons. The summed E-state index contributed by atoms with van der Waals surface area (Å²) >= 11 is 0. The normalized spacial score (nSPS) is 20.8. The third-order valence-corrected chi connectivity index (χ3v) is 5.40. The molecule has 5 heteroatoms. The van der Waals surface area contributed by atoms with Gasteiger partial charge >= 0.3 is 0 Å². The molecule has 1 aromatic carbocycles. The van der Waals surface area contributed by atoms with E-state index in [0.29, 0.717) is 13.1 Å². The van der Waals surface area contributed by atoms with Gasteiger partial charge in [-0.15, -0.1) is 0 Å². The van der Waals surface area contributed by atoms with Gasteiger partial charge < -0.3 is 10.2 Å². The van der Waals surface area contributed by atoms with Crippen molar-refractivity contribution in [1.82, 2.24) is 15.1 Å². The molecule has 3 rings (SSSR count). The minimum absolute atomic E-state index is 0.0421. The van der Waals surface area contributed by atoms with Crippen molar-refractivity contribution in [3.8, 4) is 0 Å². The highest BCUT2D eigenvalue weighted by atomic mass is 16.2. The standard InChI is InChI=1S/C20H29N3O2/c1-16(24)23-12-4-8-19(15-23)20(25)21-10-5-11-22-13-9-17-6-2-3-7-18(17)14-22/h2-3,6-7,19H,4-5,8-15H2,1H3,(H,21,25)/t19-/m0/s1. The van der Waals surface area contributed by atoms with Crippen LogP contribution in [0.2, 0.25) is 0 Å². The van der Waals surface area contributed by atoms with Gasteiger partial charge in [-0.2, -0.15) is 0 Å². The van der Waals surface area contributed by atoms with Crippen molar-refractivity contribution < 1.29 is 9.59 Å². The Balaban J connectivity index is 1.36. The maximum absolute atomic E-state index is 12.3. The first-order chi connectivity index (χ1) is 12.1. The van der Waals surface area contributed by atoms with Crippen LogP contribution < -0.4 is 5.32 Å². The number of likely N-dealkylation sites (tertiary alicyclic amines) is 1.